The van der Waals surface area contributed by atoms with E-state index in [-0.39, 0.29) is 29.8 Å². The molecule has 4 aromatic rings. The lowest BCUT2D eigenvalue weighted by Gasteiger charge is -2.35. The number of amides is 2. The molecule has 9 heteroatoms. The van der Waals surface area contributed by atoms with Gasteiger partial charge in [0.25, 0.3) is 10.0 Å². The van der Waals surface area contributed by atoms with E-state index >= 15 is 0 Å². The summed E-state index contributed by atoms with van der Waals surface area (Å²) in [5.41, 5.74) is 4.67. The molecule has 48 heavy (non-hydrogen) atoms. The number of aryl methyl sites for hydroxylation is 3. The van der Waals surface area contributed by atoms with E-state index in [1.54, 1.807) is 54.3 Å². The van der Waals surface area contributed by atoms with E-state index in [9.17, 15) is 18.0 Å². The second kappa shape index (κ2) is 15.8. The van der Waals surface area contributed by atoms with Crippen molar-refractivity contribution in [3.63, 3.8) is 0 Å². The molecule has 1 atom stereocenters. The van der Waals surface area contributed by atoms with Gasteiger partial charge in [0.2, 0.25) is 11.8 Å². The van der Waals surface area contributed by atoms with Gasteiger partial charge in [0, 0.05) is 24.0 Å². The van der Waals surface area contributed by atoms with E-state index in [0.717, 1.165) is 58.7 Å². The third-order valence-electron chi connectivity index (χ3n) is 9.01. The number of anilines is 1. The molecule has 0 heterocycles. The van der Waals surface area contributed by atoms with Crippen molar-refractivity contribution in [2.45, 2.75) is 82.8 Å². The molecule has 0 saturated heterocycles. The number of carbonyl (C=O) groups is 2. The smallest absolute Gasteiger partial charge is 0.264 e. The number of sulfonamides is 1. The van der Waals surface area contributed by atoms with Crippen LogP contribution in [0.3, 0.4) is 0 Å². The first kappa shape index (κ1) is 35.2. The van der Waals surface area contributed by atoms with Gasteiger partial charge < -0.3 is 10.2 Å². The van der Waals surface area contributed by atoms with Crippen molar-refractivity contribution in [2.75, 3.05) is 10.8 Å². The zero-order valence-electron chi connectivity index (χ0n) is 27.9. The Balaban J connectivity index is 1.58. The Hall–Kier alpha value is -4.14. The monoisotopic (exact) mass is 685 g/mol. The Morgan fingerprint density at radius 1 is 0.812 bits per heavy atom. The maximum atomic E-state index is 14.8. The quantitative estimate of drug-likeness (QED) is 0.167. The largest absolute Gasteiger partial charge is 0.352 e. The summed E-state index contributed by atoms with van der Waals surface area (Å²) < 4.78 is 29.8. The molecule has 0 aliphatic heterocycles. The molecule has 0 unspecified atom stereocenters. The van der Waals surface area contributed by atoms with Crippen LogP contribution in [0, 0.1) is 20.8 Å². The molecule has 5 rings (SSSR count). The van der Waals surface area contributed by atoms with E-state index in [0.29, 0.717) is 16.3 Å². The summed E-state index contributed by atoms with van der Waals surface area (Å²) in [6.45, 7) is 5.27. The normalized spacial score (nSPS) is 14.2. The Morgan fingerprint density at radius 2 is 1.44 bits per heavy atom. The minimum absolute atomic E-state index is 0.0379. The molecule has 0 spiro atoms. The third-order valence-corrected chi connectivity index (χ3v) is 11.0. The van der Waals surface area contributed by atoms with E-state index in [2.05, 4.69) is 5.32 Å². The van der Waals surface area contributed by atoms with Crippen molar-refractivity contribution >= 4 is 39.1 Å². The molecule has 1 aliphatic rings. The summed E-state index contributed by atoms with van der Waals surface area (Å²) in [5.74, 6) is -0.720. The summed E-state index contributed by atoms with van der Waals surface area (Å²) in [6.07, 6.45) is 5.32. The van der Waals surface area contributed by atoms with Gasteiger partial charge in [-0.25, -0.2) is 8.42 Å². The number of carbonyl (C=O) groups excluding carboxylic acids is 2. The van der Waals surface area contributed by atoms with Crippen LogP contribution >= 0.6 is 11.6 Å². The van der Waals surface area contributed by atoms with E-state index in [1.807, 2.05) is 68.4 Å². The number of halogens is 1. The fourth-order valence-corrected chi connectivity index (χ4v) is 7.94. The van der Waals surface area contributed by atoms with Crippen molar-refractivity contribution < 1.29 is 18.0 Å². The lowest BCUT2D eigenvalue weighted by Crippen LogP contribution is -2.55. The van der Waals surface area contributed by atoms with Crippen LogP contribution in [-0.2, 0) is 32.6 Å². The van der Waals surface area contributed by atoms with Gasteiger partial charge >= 0.3 is 0 Å². The first-order valence-electron chi connectivity index (χ1n) is 16.6. The number of nitrogens with one attached hydrogen (secondary N) is 1. The average Bonchev–Trinajstić information content (AvgIpc) is 3.07. The van der Waals surface area contributed by atoms with Crippen LogP contribution in [0.4, 0.5) is 5.69 Å². The van der Waals surface area contributed by atoms with Gasteiger partial charge in [-0.05, 0) is 80.6 Å². The number of benzene rings is 4. The summed E-state index contributed by atoms with van der Waals surface area (Å²) in [5, 5.41) is 3.71. The van der Waals surface area contributed by atoms with E-state index in [4.69, 9.17) is 11.6 Å². The molecule has 7 nitrogen and oxygen atoms in total. The molecule has 1 fully saturated rings. The zero-order valence-corrected chi connectivity index (χ0v) is 29.4. The zero-order chi connectivity index (χ0) is 34.3. The van der Waals surface area contributed by atoms with Gasteiger partial charge in [0.05, 0.1) is 10.6 Å². The molecular formula is C39H44ClN3O4S. The van der Waals surface area contributed by atoms with Gasteiger partial charge in [-0.1, -0.05) is 109 Å². The Morgan fingerprint density at radius 3 is 2.06 bits per heavy atom. The minimum atomic E-state index is -4.20. The number of rotatable bonds is 12. The second-order valence-corrected chi connectivity index (χ2v) is 15.1. The lowest BCUT2D eigenvalue weighted by molar-refractivity contribution is -0.140. The Labute approximate surface area is 290 Å². The van der Waals surface area contributed by atoms with Crippen molar-refractivity contribution in [2.24, 2.45) is 0 Å². The van der Waals surface area contributed by atoms with Crippen LogP contribution in [0.5, 0.6) is 0 Å². The summed E-state index contributed by atoms with van der Waals surface area (Å²) in [6, 6.07) is 28.1. The summed E-state index contributed by atoms with van der Waals surface area (Å²) in [7, 11) is -4.20. The van der Waals surface area contributed by atoms with Gasteiger partial charge in [0.1, 0.15) is 12.6 Å². The number of hydrogen-bond acceptors (Lipinski definition) is 4. The lowest BCUT2D eigenvalue weighted by atomic mass is 9.94. The molecular weight excluding hydrogens is 642 g/mol. The fourth-order valence-electron chi connectivity index (χ4n) is 6.24. The van der Waals surface area contributed by atoms with E-state index in [1.165, 1.54) is 0 Å². The highest BCUT2D eigenvalue weighted by atomic mass is 35.5. The Bertz CT molecular complexity index is 1810. The van der Waals surface area contributed by atoms with Crippen LogP contribution < -0.4 is 9.62 Å². The topological polar surface area (TPSA) is 86.8 Å². The molecule has 1 aliphatic carbocycles. The number of hydrogen-bond donors (Lipinski definition) is 1. The van der Waals surface area contributed by atoms with Crippen LogP contribution in [0.1, 0.15) is 59.9 Å². The van der Waals surface area contributed by atoms with Crippen LogP contribution in [-0.4, -0.2) is 43.8 Å². The highest BCUT2D eigenvalue weighted by Gasteiger charge is 2.36. The van der Waals surface area contributed by atoms with Crippen LogP contribution in [0.2, 0.25) is 5.02 Å². The van der Waals surface area contributed by atoms with Crippen molar-refractivity contribution in [1.29, 1.82) is 0 Å². The van der Waals surface area contributed by atoms with Gasteiger partial charge in [-0.2, -0.15) is 0 Å². The molecule has 252 valence electrons. The predicted octanol–water partition coefficient (Wildman–Crippen LogP) is 7.55. The molecule has 0 aromatic heterocycles. The van der Waals surface area contributed by atoms with E-state index < -0.39 is 28.5 Å². The third kappa shape index (κ3) is 8.85. The predicted molar refractivity (Wildman–Crippen MR) is 193 cm³/mol. The van der Waals surface area contributed by atoms with Gasteiger partial charge in [-0.15, -0.1) is 0 Å². The highest BCUT2D eigenvalue weighted by Crippen LogP contribution is 2.30. The molecule has 1 saturated carbocycles. The summed E-state index contributed by atoms with van der Waals surface area (Å²) in [4.78, 5) is 30.6. The van der Waals surface area contributed by atoms with Crippen LogP contribution in [0.25, 0.3) is 0 Å². The van der Waals surface area contributed by atoms with Crippen molar-refractivity contribution in [1.82, 2.24) is 10.2 Å². The molecule has 2 amide bonds. The fraction of sp³-hybridized carbons (Fsp3) is 0.333. The second-order valence-electron chi connectivity index (χ2n) is 12.8. The average molecular weight is 686 g/mol. The van der Waals surface area contributed by atoms with Gasteiger partial charge in [0.15, 0.2) is 0 Å². The first-order chi connectivity index (χ1) is 23.0. The van der Waals surface area contributed by atoms with Crippen molar-refractivity contribution in [3.8, 4) is 0 Å². The maximum Gasteiger partial charge on any atom is 0.264 e. The standard InChI is InChI=1S/C39H44ClN3O4S/c1-28-14-18-32(19-15-28)26-42(37(25-31-10-6-4-7-11-31)39(45)41-34-12-8-5-9-13-34)38(44)27-43(36-23-20-33(40)24-30(36)3)48(46,47)35-21-16-29(2)17-22-35/h4,6-7,10-11,14-24,34,37H,5,8-9,12-13,25-27H2,1-3H3,(H,41,45)/t37-/m1/s1. The SMILES string of the molecule is Cc1ccc(CN(C(=O)CN(c2ccc(Cl)cc2C)S(=O)(=O)c2ccc(C)cc2)[C@H](Cc2ccccc2)C(=O)NC2CCCCC2)cc1. The summed E-state index contributed by atoms with van der Waals surface area (Å²) >= 11 is 6.27. The van der Waals surface area contributed by atoms with Gasteiger partial charge in [-0.3, -0.25) is 13.9 Å². The maximum absolute atomic E-state index is 14.8. The molecule has 4 aromatic carbocycles. The number of nitrogens with zero attached hydrogens (tertiary/aromatic N) is 2. The molecule has 1 N–H and O–H groups in total. The van der Waals surface area contributed by atoms with Crippen LogP contribution in [0.15, 0.2) is 102 Å². The first-order valence-corrected chi connectivity index (χ1v) is 18.4. The molecule has 0 bridgehead atoms. The highest BCUT2D eigenvalue weighted by molar-refractivity contribution is 7.92. The van der Waals surface area contributed by atoms with Crippen molar-refractivity contribution in [3.05, 3.63) is 130 Å². The Kier molecular flexibility index (Phi) is 11.6. The molecule has 0 radical (unpaired) electrons. The minimum Gasteiger partial charge on any atom is -0.352 e.